The number of carbonyl (C=O) groups is 1. The molecule has 8 heteroatoms. The fraction of sp³-hybridized carbons (Fsp3) is 0.143. The van der Waals surface area contributed by atoms with Gasteiger partial charge in [-0.25, -0.2) is 4.79 Å². The third-order valence-corrected chi connectivity index (χ3v) is 4.90. The van der Waals surface area contributed by atoms with Crippen LogP contribution < -0.4 is 4.84 Å². The molecule has 0 atom stereocenters. The van der Waals surface area contributed by atoms with E-state index in [9.17, 15) is 4.79 Å². The van der Waals surface area contributed by atoms with Gasteiger partial charge in [-0.1, -0.05) is 36.9 Å². The van der Waals surface area contributed by atoms with E-state index < -0.39 is 0 Å². The summed E-state index contributed by atoms with van der Waals surface area (Å²) < 4.78 is 1.04. The fourth-order valence-electron chi connectivity index (χ4n) is 1.69. The predicted octanol–water partition coefficient (Wildman–Crippen LogP) is 2.92. The molecule has 0 saturated heterocycles. The van der Waals surface area contributed by atoms with Crippen molar-refractivity contribution in [1.29, 1.82) is 0 Å². The van der Waals surface area contributed by atoms with Gasteiger partial charge >= 0.3 is 5.97 Å². The molecule has 112 valence electrons. The molecule has 0 aliphatic carbocycles. The topological polar surface area (TPSA) is 69.9 Å². The van der Waals surface area contributed by atoms with Gasteiger partial charge in [0.25, 0.3) is 0 Å². The first-order valence-corrected chi connectivity index (χ1v) is 8.28. The number of aromatic nitrogens is 4. The molecule has 0 bridgehead atoms. The zero-order valence-electron chi connectivity index (χ0n) is 11.7. The van der Waals surface area contributed by atoms with Crippen LogP contribution in [0.15, 0.2) is 50.9 Å². The van der Waals surface area contributed by atoms with Crippen LogP contribution in [-0.2, 0) is 4.79 Å². The first kappa shape index (κ1) is 14.7. The average molecular weight is 332 g/mol. The van der Waals surface area contributed by atoms with E-state index in [2.05, 4.69) is 15.5 Å². The minimum atomic E-state index is -0.388. The van der Waals surface area contributed by atoms with E-state index in [1.54, 1.807) is 30.0 Å². The highest BCUT2D eigenvalue weighted by Gasteiger charge is 2.18. The molecule has 0 spiro atoms. The molecule has 0 N–H and O–H groups in total. The Balaban J connectivity index is 1.89. The number of rotatable bonds is 5. The van der Waals surface area contributed by atoms with Gasteiger partial charge in [-0.3, -0.25) is 0 Å². The molecule has 2 heterocycles. The summed E-state index contributed by atoms with van der Waals surface area (Å²) in [4.78, 5) is 18.7. The fourth-order valence-corrected chi connectivity index (χ4v) is 3.73. The van der Waals surface area contributed by atoms with E-state index in [1.165, 1.54) is 0 Å². The summed E-state index contributed by atoms with van der Waals surface area (Å²) >= 11 is 3.21. The van der Waals surface area contributed by atoms with Crippen molar-refractivity contribution in [2.75, 3.05) is 0 Å². The van der Waals surface area contributed by atoms with Gasteiger partial charge < -0.3 is 4.84 Å². The summed E-state index contributed by atoms with van der Waals surface area (Å²) in [6.45, 7) is 1.72. The van der Waals surface area contributed by atoms with Crippen molar-refractivity contribution in [3.63, 3.8) is 0 Å². The SMILES string of the molecule is CCC(=O)On1nnnc1-c1ccsc1Sc1ccccc1. The molecule has 6 nitrogen and oxygen atoms in total. The van der Waals surface area contributed by atoms with Gasteiger partial charge in [-0.15, -0.1) is 16.4 Å². The highest BCUT2D eigenvalue weighted by Crippen LogP contribution is 2.38. The van der Waals surface area contributed by atoms with Gasteiger partial charge in [0.1, 0.15) is 0 Å². The Kier molecular flexibility index (Phi) is 4.50. The van der Waals surface area contributed by atoms with Gasteiger partial charge in [0.15, 0.2) is 0 Å². The van der Waals surface area contributed by atoms with Gasteiger partial charge in [0.05, 0.1) is 4.21 Å². The van der Waals surface area contributed by atoms with E-state index in [0.717, 1.165) is 19.5 Å². The lowest BCUT2D eigenvalue weighted by atomic mass is 10.3. The lowest BCUT2D eigenvalue weighted by molar-refractivity contribution is -0.145. The minimum Gasteiger partial charge on any atom is -0.316 e. The molecule has 2 aromatic heterocycles. The predicted molar refractivity (Wildman–Crippen MR) is 83.6 cm³/mol. The molecule has 22 heavy (non-hydrogen) atoms. The Bertz CT molecular complexity index is 770. The van der Waals surface area contributed by atoms with Crippen molar-refractivity contribution in [2.24, 2.45) is 0 Å². The van der Waals surface area contributed by atoms with E-state index in [0.29, 0.717) is 5.82 Å². The third kappa shape index (κ3) is 3.18. The molecule has 3 rings (SSSR count). The Morgan fingerprint density at radius 1 is 1.32 bits per heavy atom. The Hall–Kier alpha value is -2.19. The number of thiophene rings is 1. The molecule has 0 aliphatic heterocycles. The number of tetrazole rings is 1. The first-order valence-electron chi connectivity index (χ1n) is 6.58. The smallest absolute Gasteiger partial charge is 0.316 e. The van der Waals surface area contributed by atoms with E-state index in [-0.39, 0.29) is 12.4 Å². The molecule has 3 aromatic rings. The summed E-state index contributed by atoms with van der Waals surface area (Å²) in [6, 6.07) is 11.9. The summed E-state index contributed by atoms with van der Waals surface area (Å²) in [5.74, 6) is 0.0301. The second kappa shape index (κ2) is 6.71. The summed E-state index contributed by atoms with van der Waals surface area (Å²) in [5, 5.41) is 13.2. The van der Waals surface area contributed by atoms with Crippen molar-refractivity contribution in [3.8, 4) is 11.4 Å². The molecule has 0 aliphatic rings. The maximum atomic E-state index is 11.4. The number of nitrogens with zero attached hydrogens (tertiary/aromatic N) is 4. The second-order valence-electron chi connectivity index (χ2n) is 4.23. The number of hydrogen-bond acceptors (Lipinski definition) is 7. The van der Waals surface area contributed by atoms with Crippen LogP contribution in [-0.4, -0.2) is 26.3 Å². The van der Waals surface area contributed by atoms with Crippen molar-refractivity contribution in [3.05, 3.63) is 41.8 Å². The maximum Gasteiger partial charge on any atom is 0.334 e. The highest BCUT2D eigenvalue weighted by atomic mass is 32.2. The average Bonchev–Trinajstić information content (AvgIpc) is 3.17. The summed E-state index contributed by atoms with van der Waals surface area (Å²) in [7, 11) is 0. The van der Waals surface area contributed by atoms with Crippen LogP contribution in [0, 0.1) is 0 Å². The van der Waals surface area contributed by atoms with Gasteiger partial charge in [-0.2, -0.15) is 0 Å². The van der Waals surface area contributed by atoms with Crippen molar-refractivity contribution >= 4 is 29.1 Å². The summed E-state index contributed by atoms with van der Waals surface area (Å²) in [6.07, 6.45) is 0.258. The van der Waals surface area contributed by atoms with Crippen LogP contribution in [0.1, 0.15) is 13.3 Å². The standard InChI is InChI=1S/C14H12N4O2S2/c1-2-12(19)20-18-13(15-16-17-18)11-8-9-21-14(11)22-10-6-4-3-5-7-10/h3-9H,2H2,1H3. The van der Waals surface area contributed by atoms with Crippen LogP contribution >= 0.6 is 23.1 Å². The molecule has 0 fully saturated rings. The van der Waals surface area contributed by atoms with E-state index in [4.69, 9.17) is 4.84 Å². The molecule has 0 unspecified atom stereocenters. The Labute approximate surface area is 135 Å². The van der Waals surface area contributed by atoms with Crippen molar-refractivity contribution < 1.29 is 9.63 Å². The molecule has 0 saturated carbocycles. The second-order valence-corrected chi connectivity index (χ2v) is 6.49. The molecule has 1 aromatic carbocycles. The number of benzene rings is 1. The highest BCUT2D eigenvalue weighted by molar-refractivity contribution is 8.01. The molecular weight excluding hydrogens is 320 g/mol. The zero-order valence-corrected chi connectivity index (χ0v) is 13.3. The molecule has 0 radical (unpaired) electrons. The van der Waals surface area contributed by atoms with Crippen LogP contribution in [0.2, 0.25) is 0 Å². The largest absolute Gasteiger partial charge is 0.334 e. The van der Waals surface area contributed by atoms with Crippen molar-refractivity contribution in [2.45, 2.75) is 22.4 Å². The van der Waals surface area contributed by atoms with Gasteiger partial charge in [0, 0.05) is 16.9 Å². The zero-order chi connectivity index (χ0) is 15.4. The first-order chi connectivity index (χ1) is 10.8. The van der Waals surface area contributed by atoms with Crippen LogP contribution in [0.5, 0.6) is 0 Å². The molecule has 0 amide bonds. The maximum absolute atomic E-state index is 11.4. The van der Waals surface area contributed by atoms with Crippen LogP contribution in [0.4, 0.5) is 0 Å². The number of carbonyl (C=O) groups excluding carboxylic acids is 1. The van der Waals surface area contributed by atoms with Crippen molar-refractivity contribution in [1.82, 2.24) is 20.4 Å². The van der Waals surface area contributed by atoms with Gasteiger partial charge in [-0.05, 0) is 38.9 Å². The third-order valence-electron chi connectivity index (χ3n) is 2.74. The van der Waals surface area contributed by atoms with Crippen LogP contribution in [0.25, 0.3) is 11.4 Å². The van der Waals surface area contributed by atoms with Gasteiger partial charge in [0.2, 0.25) is 5.82 Å². The monoisotopic (exact) mass is 332 g/mol. The number of hydrogen-bond donors (Lipinski definition) is 0. The lowest BCUT2D eigenvalue weighted by Crippen LogP contribution is -2.21. The van der Waals surface area contributed by atoms with E-state index in [1.807, 2.05) is 41.8 Å². The lowest BCUT2D eigenvalue weighted by Gasteiger charge is -2.04. The Morgan fingerprint density at radius 2 is 2.14 bits per heavy atom. The molecular formula is C14H12N4O2S2. The quantitative estimate of drug-likeness (QED) is 0.669. The normalized spacial score (nSPS) is 10.6. The van der Waals surface area contributed by atoms with Crippen LogP contribution in [0.3, 0.4) is 0 Å². The summed E-state index contributed by atoms with van der Waals surface area (Å²) in [5.41, 5.74) is 0.841. The van der Waals surface area contributed by atoms with E-state index >= 15 is 0 Å². The minimum absolute atomic E-state index is 0.258. The Morgan fingerprint density at radius 3 is 2.91 bits per heavy atom.